The number of nitrogens with one attached hydrogen (secondary N) is 1. The lowest BCUT2D eigenvalue weighted by Gasteiger charge is -2.04. The Kier molecular flexibility index (Phi) is 5.01. The summed E-state index contributed by atoms with van der Waals surface area (Å²) in [5.74, 6) is 0.641. The minimum atomic E-state index is -0.120. The molecule has 2 heterocycles. The van der Waals surface area contributed by atoms with E-state index in [9.17, 15) is 4.79 Å². The standard InChI is InChI=1S/C18H18ClN3O2/c1-2-24-16-4-3-11-22-12-15(21-17(16)22)9-10-20-18(23)13-5-7-14(19)8-6-13/h3-8,11-12H,2,9-10H2,1H3,(H,20,23). The molecule has 0 saturated heterocycles. The molecule has 1 aromatic carbocycles. The van der Waals surface area contributed by atoms with E-state index in [0.29, 0.717) is 30.2 Å². The first-order valence-corrected chi connectivity index (χ1v) is 8.18. The van der Waals surface area contributed by atoms with Crippen LogP contribution in [0.2, 0.25) is 5.02 Å². The van der Waals surface area contributed by atoms with Crippen molar-refractivity contribution < 1.29 is 9.53 Å². The molecular weight excluding hydrogens is 326 g/mol. The summed E-state index contributed by atoms with van der Waals surface area (Å²) >= 11 is 5.82. The van der Waals surface area contributed by atoms with Crippen molar-refractivity contribution in [3.63, 3.8) is 0 Å². The molecular formula is C18H18ClN3O2. The van der Waals surface area contributed by atoms with Crippen LogP contribution < -0.4 is 10.1 Å². The first-order chi connectivity index (χ1) is 11.7. The minimum absolute atomic E-state index is 0.120. The number of imidazole rings is 1. The van der Waals surface area contributed by atoms with E-state index in [1.54, 1.807) is 24.3 Å². The number of aromatic nitrogens is 2. The minimum Gasteiger partial charge on any atom is -0.490 e. The average Bonchev–Trinajstić information content (AvgIpc) is 2.99. The highest BCUT2D eigenvalue weighted by Gasteiger charge is 2.08. The van der Waals surface area contributed by atoms with E-state index in [1.807, 2.05) is 35.9 Å². The van der Waals surface area contributed by atoms with Crippen LogP contribution in [0.3, 0.4) is 0 Å². The Balaban J connectivity index is 1.62. The summed E-state index contributed by atoms with van der Waals surface area (Å²) in [6.07, 6.45) is 4.53. The van der Waals surface area contributed by atoms with Gasteiger partial charge in [0.25, 0.3) is 5.91 Å². The largest absolute Gasteiger partial charge is 0.490 e. The van der Waals surface area contributed by atoms with Crippen LogP contribution in [0.15, 0.2) is 48.8 Å². The SMILES string of the molecule is CCOc1cccn2cc(CCNC(=O)c3ccc(Cl)cc3)nc12. The molecule has 124 valence electrons. The van der Waals surface area contributed by atoms with Crippen molar-refractivity contribution in [1.29, 1.82) is 0 Å². The van der Waals surface area contributed by atoms with Crippen molar-refractivity contribution in [3.8, 4) is 5.75 Å². The van der Waals surface area contributed by atoms with Gasteiger partial charge < -0.3 is 14.5 Å². The van der Waals surface area contributed by atoms with Gasteiger partial charge in [0.1, 0.15) is 0 Å². The molecule has 0 bridgehead atoms. The molecule has 2 aromatic heterocycles. The van der Waals surface area contributed by atoms with Gasteiger partial charge in [-0.2, -0.15) is 0 Å². The molecule has 0 saturated carbocycles. The molecule has 0 aliphatic heterocycles. The van der Waals surface area contributed by atoms with Crippen LogP contribution in [0, 0.1) is 0 Å². The highest BCUT2D eigenvalue weighted by atomic mass is 35.5. The fourth-order valence-electron chi connectivity index (χ4n) is 2.43. The van der Waals surface area contributed by atoms with E-state index in [2.05, 4.69) is 10.3 Å². The van der Waals surface area contributed by atoms with Crippen LogP contribution >= 0.6 is 11.6 Å². The number of nitrogens with zero attached hydrogens (tertiary/aromatic N) is 2. The first-order valence-electron chi connectivity index (χ1n) is 7.80. The summed E-state index contributed by atoms with van der Waals surface area (Å²) in [6, 6.07) is 10.6. The van der Waals surface area contributed by atoms with Crippen molar-refractivity contribution in [3.05, 3.63) is 65.1 Å². The Morgan fingerprint density at radius 1 is 1.29 bits per heavy atom. The van der Waals surface area contributed by atoms with Crippen molar-refractivity contribution in [2.24, 2.45) is 0 Å². The van der Waals surface area contributed by atoms with E-state index in [-0.39, 0.29) is 5.91 Å². The smallest absolute Gasteiger partial charge is 0.251 e. The number of halogens is 1. The zero-order valence-corrected chi connectivity index (χ0v) is 14.1. The fraction of sp³-hybridized carbons (Fsp3) is 0.222. The third-order valence-electron chi connectivity index (χ3n) is 3.57. The lowest BCUT2D eigenvalue weighted by atomic mass is 10.2. The van der Waals surface area contributed by atoms with E-state index < -0.39 is 0 Å². The maximum absolute atomic E-state index is 12.1. The van der Waals surface area contributed by atoms with Crippen LogP contribution in [0.25, 0.3) is 5.65 Å². The molecule has 3 aromatic rings. The van der Waals surface area contributed by atoms with Crippen LogP contribution in [0.5, 0.6) is 5.75 Å². The number of rotatable bonds is 6. The molecule has 0 spiro atoms. The lowest BCUT2D eigenvalue weighted by Crippen LogP contribution is -2.25. The Morgan fingerprint density at radius 2 is 2.08 bits per heavy atom. The van der Waals surface area contributed by atoms with Crippen molar-refractivity contribution in [2.45, 2.75) is 13.3 Å². The van der Waals surface area contributed by atoms with Crippen LogP contribution in [-0.2, 0) is 6.42 Å². The van der Waals surface area contributed by atoms with Gasteiger partial charge in [-0.3, -0.25) is 4.79 Å². The third-order valence-corrected chi connectivity index (χ3v) is 3.82. The van der Waals surface area contributed by atoms with Gasteiger partial charge in [0.2, 0.25) is 0 Å². The molecule has 1 N–H and O–H groups in total. The number of carbonyl (C=O) groups excluding carboxylic acids is 1. The molecule has 0 radical (unpaired) electrons. The molecule has 0 unspecified atom stereocenters. The quantitative estimate of drug-likeness (QED) is 0.746. The highest BCUT2D eigenvalue weighted by Crippen LogP contribution is 2.19. The Morgan fingerprint density at radius 3 is 2.83 bits per heavy atom. The number of hydrogen-bond acceptors (Lipinski definition) is 3. The van der Waals surface area contributed by atoms with E-state index >= 15 is 0 Å². The van der Waals surface area contributed by atoms with Crippen LogP contribution in [0.4, 0.5) is 0 Å². The Hall–Kier alpha value is -2.53. The Bertz CT molecular complexity index is 843. The molecule has 0 aliphatic carbocycles. The zero-order chi connectivity index (χ0) is 16.9. The zero-order valence-electron chi connectivity index (χ0n) is 13.3. The predicted octanol–water partition coefficient (Wildman–Crippen LogP) is 3.36. The van der Waals surface area contributed by atoms with Gasteiger partial charge in [-0.1, -0.05) is 11.6 Å². The van der Waals surface area contributed by atoms with Gasteiger partial charge in [-0.25, -0.2) is 4.98 Å². The highest BCUT2D eigenvalue weighted by molar-refractivity contribution is 6.30. The molecule has 24 heavy (non-hydrogen) atoms. The average molecular weight is 344 g/mol. The fourth-order valence-corrected chi connectivity index (χ4v) is 2.56. The maximum atomic E-state index is 12.1. The second kappa shape index (κ2) is 7.36. The van der Waals surface area contributed by atoms with E-state index in [1.165, 1.54) is 0 Å². The number of fused-ring (bicyclic) bond motifs is 1. The van der Waals surface area contributed by atoms with Crippen LogP contribution in [0.1, 0.15) is 23.0 Å². The third kappa shape index (κ3) is 3.68. The van der Waals surface area contributed by atoms with Crippen molar-refractivity contribution in [2.75, 3.05) is 13.2 Å². The topological polar surface area (TPSA) is 55.6 Å². The number of benzene rings is 1. The molecule has 3 rings (SSSR count). The van der Waals surface area contributed by atoms with Gasteiger partial charge in [-0.15, -0.1) is 0 Å². The van der Waals surface area contributed by atoms with Crippen molar-refractivity contribution >= 4 is 23.2 Å². The van der Waals surface area contributed by atoms with E-state index in [0.717, 1.165) is 17.1 Å². The van der Waals surface area contributed by atoms with Gasteiger partial charge in [-0.05, 0) is 43.3 Å². The van der Waals surface area contributed by atoms with Gasteiger partial charge in [0.15, 0.2) is 11.4 Å². The molecule has 6 heteroatoms. The summed E-state index contributed by atoms with van der Waals surface area (Å²) in [5.41, 5.74) is 2.28. The summed E-state index contributed by atoms with van der Waals surface area (Å²) < 4.78 is 7.51. The second-order valence-corrected chi connectivity index (χ2v) is 5.72. The molecule has 0 fully saturated rings. The van der Waals surface area contributed by atoms with Gasteiger partial charge in [0, 0.05) is 35.9 Å². The maximum Gasteiger partial charge on any atom is 0.251 e. The second-order valence-electron chi connectivity index (χ2n) is 5.28. The first kappa shape index (κ1) is 16.3. The summed E-state index contributed by atoms with van der Waals surface area (Å²) in [7, 11) is 0. The summed E-state index contributed by atoms with van der Waals surface area (Å²) in [6.45, 7) is 3.05. The summed E-state index contributed by atoms with van der Waals surface area (Å²) in [4.78, 5) is 16.6. The van der Waals surface area contributed by atoms with Gasteiger partial charge in [0.05, 0.1) is 12.3 Å². The number of ether oxygens (including phenoxy) is 1. The van der Waals surface area contributed by atoms with Gasteiger partial charge >= 0.3 is 0 Å². The number of carbonyl (C=O) groups is 1. The number of hydrogen-bond donors (Lipinski definition) is 1. The normalized spacial score (nSPS) is 10.8. The predicted molar refractivity (Wildman–Crippen MR) is 93.9 cm³/mol. The summed E-state index contributed by atoms with van der Waals surface area (Å²) in [5, 5.41) is 3.50. The molecule has 1 amide bonds. The molecule has 5 nitrogen and oxygen atoms in total. The van der Waals surface area contributed by atoms with Crippen molar-refractivity contribution in [1.82, 2.24) is 14.7 Å². The lowest BCUT2D eigenvalue weighted by molar-refractivity contribution is 0.0954. The molecule has 0 atom stereocenters. The van der Waals surface area contributed by atoms with E-state index in [4.69, 9.17) is 16.3 Å². The molecule has 0 aliphatic rings. The Labute approximate surface area is 145 Å². The number of amides is 1. The van der Waals surface area contributed by atoms with Crippen LogP contribution in [-0.4, -0.2) is 28.4 Å². The monoisotopic (exact) mass is 343 g/mol. The number of pyridine rings is 1.